The molecule has 1 fully saturated rings. The summed E-state index contributed by atoms with van der Waals surface area (Å²) < 4.78 is 34.5. The molecule has 0 saturated carbocycles. The first-order valence-corrected chi connectivity index (χ1v) is 7.26. The number of methoxy groups -OCH3 is 1. The van der Waals surface area contributed by atoms with Crippen LogP contribution in [-0.4, -0.2) is 37.7 Å². The van der Waals surface area contributed by atoms with E-state index < -0.39 is 6.61 Å². The third-order valence-corrected chi connectivity index (χ3v) is 3.58. The van der Waals surface area contributed by atoms with Crippen molar-refractivity contribution < 1.29 is 18.3 Å². The molecule has 1 aliphatic rings. The van der Waals surface area contributed by atoms with Crippen molar-refractivity contribution in [2.24, 2.45) is 10.7 Å². The maximum Gasteiger partial charge on any atom is 0.387 e. The van der Waals surface area contributed by atoms with Gasteiger partial charge in [0.15, 0.2) is 5.96 Å². The van der Waals surface area contributed by atoms with E-state index in [1.165, 1.54) is 19.6 Å². The maximum absolute atomic E-state index is 12.5. The van der Waals surface area contributed by atoms with Crippen LogP contribution >= 0.6 is 0 Å². The van der Waals surface area contributed by atoms with Gasteiger partial charge in [0.25, 0.3) is 0 Å². The Bertz CT molecular complexity index is 518. The van der Waals surface area contributed by atoms with Crippen LogP contribution in [0.2, 0.25) is 0 Å². The predicted molar refractivity (Wildman–Crippen MR) is 80.4 cm³/mol. The lowest BCUT2D eigenvalue weighted by atomic mass is 10.1. The van der Waals surface area contributed by atoms with Crippen molar-refractivity contribution in [2.45, 2.75) is 32.4 Å². The first-order valence-electron chi connectivity index (χ1n) is 7.26. The Morgan fingerprint density at radius 3 is 2.68 bits per heavy atom. The molecule has 0 radical (unpaired) electrons. The Hall–Kier alpha value is -2.05. The SMILES string of the molecule is COc1ccc(OC(F)F)c(CN=C(N)N2CCCCC2)c1. The second kappa shape index (κ2) is 7.82. The molecule has 1 heterocycles. The number of nitrogens with two attached hydrogens (primary N) is 1. The molecule has 122 valence electrons. The summed E-state index contributed by atoms with van der Waals surface area (Å²) in [6.45, 7) is -0.945. The second-order valence-electron chi connectivity index (χ2n) is 5.07. The van der Waals surface area contributed by atoms with E-state index in [9.17, 15) is 8.78 Å². The van der Waals surface area contributed by atoms with Gasteiger partial charge in [0, 0.05) is 18.7 Å². The summed E-state index contributed by atoms with van der Waals surface area (Å²) in [6, 6.07) is 4.65. The third kappa shape index (κ3) is 4.47. The highest BCUT2D eigenvalue weighted by molar-refractivity contribution is 5.78. The van der Waals surface area contributed by atoms with Crippen molar-refractivity contribution in [3.63, 3.8) is 0 Å². The molecule has 1 aromatic carbocycles. The van der Waals surface area contributed by atoms with E-state index in [0.717, 1.165) is 25.9 Å². The van der Waals surface area contributed by atoms with Gasteiger partial charge in [-0.25, -0.2) is 4.99 Å². The summed E-state index contributed by atoms with van der Waals surface area (Å²) in [5.74, 6) is 1.08. The smallest absolute Gasteiger partial charge is 0.387 e. The van der Waals surface area contributed by atoms with Gasteiger partial charge < -0.3 is 20.1 Å². The molecule has 0 atom stereocenters. The molecule has 0 amide bonds. The van der Waals surface area contributed by atoms with Gasteiger partial charge in [0.1, 0.15) is 11.5 Å². The molecule has 0 bridgehead atoms. The van der Waals surface area contributed by atoms with Gasteiger partial charge in [-0.1, -0.05) is 0 Å². The van der Waals surface area contributed by atoms with Gasteiger partial charge in [-0.3, -0.25) is 0 Å². The van der Waals surface area contributed by atoms with E-state index in [2.05, 4.69) is 9.73 Å². The molecule has 5 nitrogen and oxygen atoms in total. The topological polar surface area (TPSA) is 60.1 Å². The summed E-state index contributed by atoms with van der Waals surface area (Å²) >= 11 is 0. The van der Waals surface area contributed by atoms with Gasteiger partial charge >= 0.3 is 6.61 Å². The van der Waals surface area contributed by atoms with Crippen molar-refractivity contribution in [2.75, 3.05) is 20.2 Å². The number of guanidine groups is 1. The Morgan fingerprint density at radius 1 is 1.32 bits per heavy atom. The average molecular weight is 313 g/mol. The first-order chi connectivity index (χ1) is 10.6. The number of hydrogen-bond acceptors (Lipinski definition) is 3. The number of likely N-dealkylation sites (tertiary alicyclic amines) is 1. The van der Waals surface area contributed by atoms with E-state index in [4.69, 9.17) is 10.5 Å². The molecule has 0 aliphatic carbocycles. The van der Waals surface area contributed by atoms with Crippen LogP contribution in [0.3, 0.4) is 0 Å². The summed E-state index contributed by atoms with van der Waals surface area (Å²) in [5.41, 5.74) is 6.49. The molecule has 0 spiro atoms. The van der Waals surface area contributed by atoms with Gasteiger partial charge in [-0.2, -0.15) is 8.78 Å². The van der Waals surface area contributed by atoms with Crippen molar-refractivity contribution in [3.8, 4) is 11.5 Å². The molecule has 2 rings (SSSR count). The predicted octanol–water partition coefficient (Wildman–Crippen LogP) is 2.60. The van der Waals surface area contributed by atoms with Crippen molar-refractivity contribution in [1.29, 1.82) is 0 Å². The average Bonchev–Trinajstić information content (AvgIpc) is 2.54. The molecule has 7 heteroatoms. The summed E-state index contributed by atoms with van der Waals surface area (Å²) in [5, 5.41) is 0. The van der Waals surface area contributed by atoms with Gasteiger partial charge in [0.2, 0.25) is 0 Å². The summed E-state index contributed by atoms with van der Waals surface area (Å²) in [6.07, 6.45) is 3.39. The lowest BCUT2D eigenvalue weighted by Gasteiger charge is -2.27. The minimum absolute atomic E-state index is 0.0889. The Kier molecular flexibility index (Phi) is 5.80. The fourth-order valence-corrected chi connectivity index (χ4v) is 2.41. The van der Waals surface area contributed by atoms with Crippen molar-refractivity contribution >= 4 is 5.96 Å². The van der Waals surface area contributed by atoms with Crippen LogP contribution in [0.15, 0.2) is 23.2 Å². The van der Waals surface area contributed by atoms with Crippen LogP contribution < -0.4 is 15.2 Å². The monoisotopic (exact) mass is 313 g/mol. The highest BCUT2D eigenvalue weighted by Crippen LogP contribution is 2.26. The number of piperidine rings is 1. The highest BCUT2D eigenvalue weighted by atomic mass is 19.3. The molecular formula is C15H21F2N3O2. The minimum Gasteiger partial charge on any atom is -0.497 e. The molecule has 1 aliphatic heterocycles. The standard InChI is InChI=1S/C15H21F2N3O2/c1-21-12-5-6-13(22-14(16)17)11(9-12)10-19-15(18)20-7-3-2-4-8-20/h5-6,9,14H,2-4,7-8,10H2,1H3,(H2,18,19). The molecule has 0 unspecified atom stereocenters. The molecule has 22 heavy (non-hydrogen) atoms. The van der Waals surface area contributed by atoms with Crippen LogP contribution in [0.4, 0.5) is 8.78 Å². The fraction of sp³-hybridized carbons (Fsp3) is 0.533. The van der Waals surface area contributed by atoms with Crippen molar-refractivity contribution in [1.82, 2.24) is 4.90 Å². The van der Waals surface area contributed by atoms with Crippen LogP contribution in [-0.2, 0) is 6.54 Å². The van der Waals surface area contributed by atoms with Crippen LogP contribution in [0.1, 0.15) is 24.8 Å². The van der Waals surface area contributed by atoms with E-state index in [1.54, 1.807) is 12.1 Å². The molecule has 2 N–H and O–H groups in total. The number of rotatable bonds is 5. The molecule has 0 aromatic heterocycles. The number of aliphatic imine (C=N–C) groups is 1. The summed E-state index contributed by atoms with van der Waals surface area (Å²) in [7, 11) is 1.51. The normalized spacial score (nSPS) is 16.0. The summed E-state index contributed by atoms with van der Waals surface area (Å²) in [4.78, 5) is 6.31. The van der Waals surface area contributed by atoms with Crippen LogP contribution in [0.5, 0.6) is 11.5 Å². The Morgan fingerprint density at radius 2 is 2.05 bits per heavy atom. The number of benzene rings is 1. The number of hydrogen-bond donors (Lipinski definition) is 1. The number of nitrogens with zero attached hydrogens (tertiary/aromatic N) is 2. The number of ether oxygens (including phenoxy) is 2. The van der Waals surface area contributed by atoms with E-state index in [1.807, 2.05) is 4.90 Å². The second-order valence-corrected chi connectivity index (χ2v) is 5.07. The maximum atomic E-state index is 12.5. The highest BCUT2D eigenvalue weighted by Gasteiger charge is 2.14. The molecule has 1 aromatic rings. The van der Waals surface area contributed by atoms with E-state index in [0.29, 0.717) is 17.3 Å². The molecular weight excluding hydrogens is 292 g/mol. The van der Waals surface area contributed by atoms with E-state index >= 15 is 0 Å². The van der Waals surface area contributed by atoms with Crippen LogP contribution in [0, 0.1) is 0 Å². The van der Waals surface area contributed by atoms with E-state index in [-0.39, 0.29) is 12.3 Å². The zero-order valence-corrected chi connectivity index (χ0v) is 12.6. The quantitative estimate of drug-likeness (QED) is 0.670. The first kappa shape index (κ1) is 16.3. The fourth-order valence-electron chi connectivity index (χ4n) is 2.41. The Balaban J connectivity index is 2.12. The van der Waals surface area contributed by atoms with Gasteiger partial charge in [0.05, 0.1) is 13.7 Å². The zero-order valence-electron chi connectivity index (χ0n) is 12.6. The van der Waals surface area contributed by atoms with Gasteiger partial charge in [-0.05, 0) is 37.5 Å². The number of alkyl halides is 2. The lowest BCUT2D eigenvalue weighted by molar-refractivity contribution is -0.0504. The molecule has 1 saturated heterocycles. The Labute approximate surface area is 128 Å². The lowest BCUT2D eigenvalue weighted by Crippen LogP contribution is -2.40. The zero-order chi connectivity index (χ0) is 15.9. The van der Waals surface area contributed by atoms with Gasteiger partial charge in [-0.15, -0.1) is 0 Å². The third-order valence-electron chi connectivity index (χ3n) is 3.58. The minimum atomic E-state index is -2.88. The van der Waals surface area contributed by atoms with Crippen LogP contribution in [0.25, 0.3) is 0 Å². The largest absolute Gasteiger partial charge is 0.497 e. The van der Waals surface area contributed by atoms with Crippen molar-refractivity contribution in [3.05, 3.63) is 23.8 Å². The number of halogens is 2.